The summed E-state index contributed by atoms with van der Waals surface area (Å²) in [6.07, 6.45) is 0. The van der Waals surface area contributed by atoms with Crippen molar-refractivity contribution in [1.82, 2.24) is 14.5 Å². The van der Waals surface area contributed by atoms with E-state index in [0.717, 1.165) is 83.8 Å². The summed E-state index contributed by atoms with van der Waals surface area (Å²) in [5.41, 5.74) is 13.2. The van der Waals surface area contributed by atoms with Crippen molar-refractivity contribution < 1.29 is 0 Å². The van der Waals surface area contributed by atoms with E-state index in [1.165, 1.54) is 0 Å². The fourth-order valence-corrected chi connectivity index (χ4v) is 7.90. The maximum atomic E-state index is 8.11. The van der Waals surface area contributed by atoms with Crippen LogP contribution >= 0.6 is 0 Å². The Labute approximate surface area is 337 Å². The number of aromatic nitrogens is 3. The molecule has 2 aromatic heterocycles. The zero-order valence-electron chi connectivity index (χ0n) is 31.4. The molecule has 0 aliphatic heterocycles. The van der Waals surface area contributed by atoms with E-state index < -0.39 is 0 Å². The van der Waals surface area contributed by atoms with Gasteiger partial charge in [-0.15, -0.1) is 0 Å². The molecule has 0 unspecified atom stereocenters. The van der Waals surface area contributed by atoms with Gasteiger partial charge in [-0.25, -0.2) is 14.8 Å². The minimum absolute atomic E-state index is 0.592. The van der Waals surface area contributed by atoms with Crippen LogP contribution in [0.15, 0.2) is 212 Å². The lowest BCUT2D eigenvalue weighted by Gasteiger charge is -2.25. The van der Waals surface area contributed by atoms with Gasteiger partial charge in [0, 0.05) is 50.2 Å². The van der Waals surface area contributed by atoms with Crippen molar-refractivity contribution in [2.24, 2.45) is 0 Å². The number of rotatable bonds is 8. The first kappa shape index (κ1) is 34.4. The van der Waals surface area contributed by atoms with Crippen molar-refractivity contribution in [3.63, 3.8) is 0 Å². The van der Waals surface area contributed by atoms with E-state index in [9.17, 15) is 0 Å². The first-order valence-electron chi connectivity index (χ1n) is 19.3. The fraction of sp³-hybridized carbons (Fsp3) is 0. The standard InChI is InChI=1S/C53H35N5/c1-54-48-28-16-14-26-45(48)39-32-40(50-36-49(37-18-6-2-7-19-37)55-53(56-50)38-20-8-3-9-21-38)34-44(33-39)58-51-29-17-15-27-46(51)47-31-30-43(35-52(47)58)57(41-22-10-4-11-23-41)42-24-12-5-13-25-42/h2-36H. The number of hydrogen-bond acceptors (Lipinski definition) is 3. The lowest BCUT2D eigenvalue weighted by atomic mass is 9.98. The summed E-state index contributed by atoms with van der Waals surface area (Å²) in [7, 11) is 0. The summed E-state index contributed by atoms with van der Waals surface area (Å²) in [4.78, 5) is 16.6. The Balaban J connectivity index is 1.25. The van der Waals surface area contributed by atoms with Crippen LogP contribution in [-0.2, 0) is 0 Å². The summed E-state index contributed by atoms with van der Waals surface area (Å²) >= 11 is 0. The molecule has 0 aliphatic rings. The van der Waals surface area contributed by atoms with Gasteiger partial charge in [-0.05, 0) is 77.9 Å². The molecule has 0 spiro atoms. The second-order valence-corrected chi connectivity index (χ2v) is 14.2. The van der Waals surface area contributed by atoms with Crippen molar-refractivity contribution in [1.29, 1.82) is 0 Å². The third-order valence-corrected chi connectivity index (χ3v) is 10.6. The molecular weight excluding hydrogens is 707 g/mol. The van der Waals surface area contributed by atoms with Gasteiger partial charge in [0.2, 0.25) is 0 Å². The number of nitrogens with zero attached hydrogens (tertiary/aromatic N) is 5. The van der Waals surface area contributed by atoms with E-state index in [2.05, 4.69) is 142 Å². The van der Waals surface area contributed by atoms with Crippen molar-refractivity contribution in [2.75, 3.05) is 4.90 Å². The Kier molecular flexibility index (Phi) is 8.83. The summed E-state index contributed by atoms with van der Waals surface area (Å²) < 4.78 is 2.35. The van der Waals surface area contributed by atoms with Crippen molar-refractivity contribution in [3.8, 4) is 50.7 Å². The van der Waals surface area contributed by atoms with Crippen LogP contribution < -0.4 is 4.90 Å². The minimum atomic E-state index is 0.592. The van der Waals surface area contributed by atoms with Gasteiger partial charge in [0.15, 0.2) is 11.5 Å². The third-order valence-electron chi connectivity index (χ3n) is 10.6. The Bertz CT molecular complexity index is 3020. The SMILES string of the molecule is [C-]#[N+]c1ccccc1-c1cc(-c2cc(-c3ccccc3)nc(-c3ccccc3)n2)cc(-n2c3ccccc3c3ccc(N(c4ccccc4)c4ccccc4)cc32)c1. The fourth-order valence-electron chi connectivity index (χ4n) is 7.90. The first-order chi connectivity index (χ1) is 28.7. The molecule has 0 saturated carbocycles. The van der Waals surface area contributed by atoms with Gasteiger partial charge in [-0.1, -0.05) is 146 Å². The van der Waals surface area contributed by atoms with E-state index in [1.54, 1.807) is 0 Å². The Morgan fingerprint density at radius 2 is 0.966 bits per heavy atom. The molecule has 10 rings (SSSR count). The van der Waals surface area contributed by atoms with Crippen molar-refractivity contribution >= 4 is 44.6 Å². The van der Waals surface area contributed by atoms with E-state index in [4.69, 9.17) is 16.5 Å². The van der Waals surface area contributed by atoms with Gasteiger partial charge in [0.25, 0.3) is 0 Å². The van der Waals surface area contributed by atoms with Gasteiger partial charge >= 0.3 is 0 Å². The number of hydrogen-bond donors (Lipinski definition) is 0. The average molecular weight is 742 g/mol. The molecule has 0 aliphatic carbocycles. The Morgan fingerprint density at radius 1 is 0.414 bits per heavy atom. The zero-order chi connectivity index (χ0) is 38.8. The van der Waals surface area contributed by atoms with Gasteiger partial charge in [-0.2, -0.15) is 0 Å². The Hall–Kier alpha value is -8.07. The highest BCUT2D eigenvalue weighted by molar-refractivity contribution is 6.10. The van der Waals surface area contributed by atoms with Crippen LogP contribution in [0.25, 0.3) is 77.4 Å². The maximum absolute atomic E-state index is 8.11. The smallest absolute Gasteiger partial charge is 0.194 e. The van der Waals surface area contributed by atoms with Crippen LogP contribution in [0.3, 0.4) is 0 Å². The molecule has 0 atom stereocenters. The molecule has 10 aromatic rings. The topological polar surface area (TPSA) is 38.3 Å². The Morgan fingerprint density at radius 3 is 1.66 bits per heavy atom. The lowest BCUT2D eigenvalue weighted by molar-refractivity contribution is 1.16. The van der Waals surface area contributed by atoms with Crippen LogP contribution in [0.1, 0.15) is 0 Å². The molecule has 0 saturated heterocycles. The summed E-state index contributed by atoms with van der Waals surface area (Å²) in [5, 5.41) is 2.30. The van der Waals surface area contributed by atoms with E-state index in [0.29, 0.717) is 11.5 Å². The van der Waals surface area contributed by atoms with E-state index in [-0.39, 0.29) is 0 Å². The molecule has 5 nitrogen and oxygen atoms in total. The molecule has 0 N–H and O–H groups in total. The molecule has 58 heavy (non-hydrogen) atoms. The van der Waals surface area contributed by atoms with Gasteiger partial charge in [0.1, 0.15) is 0 Å². The van der Waals surface area contributed by atoms with E-state index >= 15 is 0 Å². The highest BCUT2D eigenvalue weighted by Crippen LogP contribution is 2.42. The summed E-state index contributed by atoms with van der Waals surface area (Å²) in [6.45, 7) is 8.11. The molecule has 0 amide bonds. The van der Waals surface area contributed by atoms with Crippen LogP contribution in [-0.4, -0.2) is 14.5 Å². The molecule has 0 radical (unpaired) electrons. The van der Waals surface area contributed by atoms with Gasteiger partial charge in [-0.3, -0.25) is 0 Å². The number of fused-ring (bicyclic) bond motifs is 3. The molecule has 8 aromatic carbocycles. The average Bonchev–Trinajstić information content (AvgIpc) is 3.64. The van der Waals surface area contributed by atoms with Gasteiger partial charge < -0.3 is 9.47 Å². The number of benzene rings is 8. The monoisotopic (exact) mass is 741 g/mol. The van der Waals surface area contributed by atoms with Crippen LogP contribution in [0, 0.1) is 6.57 Å². The third kappa shape index (κ3) is 6.35. The largest absolute Gasteiger partial charge is 0.310 e. The zero-order valence-corrected chi connectivity index (χ0v) is 31.4. The van der Waals surface area contributed by atoms with Crippen LogP contribution in [0.2, 0.25) is 0 Å². The second-order valence-electron chi connectivity index (χ2n) is 14.2. The maximum Gasteiger partial charge on any atom is 0.194 e. The number of anilines is 3. The highest BCUT2D eigenvalue weighted by Gasteiger charge is 2.20. The predicted molar refractivity (Wildman–Crippen MR) is 239 cm³/mol. The molecule has 2 heterocycles. The predicted octanol–water partition coefficient (Wildman–Crippen LogP) is 14.3. The summed E-state index contributed by atoms with van der Waals surface area (Å²) in [5.74, 6) is 0.647. The van der Waals surface area contributed by atoms with Gasteiger partial charge in [0.05, 0.1) is 29.0 Å². The van der Waals surface area contributed by atoms with Crippen molar-refractivity contribution in [2.45, 2.75) is 0 Å². The summed E-state index contributed by atoms with van der Waals surface area (Å²) in [6, 6.07) is 73.2. The minimum Gasteiger partial charge on any atom is -0.310 e. The molecule has 0 bridgehead atoms. The molecule has 272 valence electrons. The van der Waals surface area contributed by atoms with Crippen LogP contribution in [0.4, 0.5) is 22.7 Å². The quantitative estimate of drug-likeness (QED) is 0.146. The van der Waals surface area contributed by atoms with E-state index in [1.807, 2.05) is 84.9 Å². The molecular formula is C53H35N5. The normalized spacial score (nSPS) is 11.1. The highest BCUT2D eigenvalue weighted by atomic mass is 15.1. The van der Waals surface area contributed by atoms with Crippen molar-refractivity contribution in [3.05, 3.63) is 224 Å². The first-order valence-corrected chi connectivity index (χ1v) is 19.3. The lowest BCUT2D eigenvalue weighted by Crippen LogP contribution is -2.09. The van der Waals surface area contributed by atoms with Crippen LogP contribution in [0.5, 0.6) is 0 Å². The molecule has 0 fully saturated rings. The second kappa shape index (κ2) is 14.9. The number of para-hydroxylation sites is 4. The molecule has 5 heteroatoms.